The van der Waals surface area contributed by atoms with E-state index in [1.54, 1.807) is 0 Å². The van der Waals surface area contributed by atoms with Crippen LogP contribution in [-0.4, -0.2) is 9.55 Å². The van der Waals surface area contributed by atoms with Crippen LogP contribution in [0.2, 0.25) is 0 Å². The van der Waals surface area contributed by atoms with Crippen LogP contribution in [0.15, 0.2) is 243 Å². The Morgan fingerprint density at radius 2 is 0.603 bits per heavy atom. The second-order valence-corrected chi connectivity index (χ2v) is 16.2. The number of fused-ring (bicyclic) bond motifs is 7. The fourth-order valence-corrected chi connectivity index (χ4v) is 9.71. The molecular formula is C61H40N2. The van der Waals surface area contributed by atoms with Crippen LogP contribution in [0.25, 0.3) is 116 Å². The lowest BCUT2D eigenvalue weighted by atomic mass is 9.83. The summed E-state index contributed by atoms with van der Waals surface area (Å²) in [6, 6.07) is 87.6. The Balaban J connectivity index is 1.03. The number of nitrogens with zero attached hydrogens (tertiary/aromatic N) is 2. The fraction of sp³-hybridized carbons (Fsp3) is 0. The van der Waals surface area contributed by atoms with E-state index in [1.165, 1.54) is 48.9 Å². The molecule has 2 heteroatoms. The van der Waals surface area contributed by atoms with Gasteiger partial charge in [-0.1, -0.05) is 218 Å². The van der Waals surface area contributed by atoms with Crippen molar-refractivity contribution in [3.63, 3.8) is 0 Å². The first-order valence-corrected chi connectivity index (χ1v) is 21.6. The highest BCUT2D eigenvalue weighted by molar-refractivity contribution is 6.28. The van der Waals surface area contributed by atoms with Gasteiger partial charge in [0.15, 0.2) is 0 Å². The van der Waals surface area contributed by atoms with Gasteiger partial charge in [-0.15, -0.1) is 0 Å². The van der Waals surface area contributed by atoms with Gasteiger partial charge >= 0.3 is 0 Å². The summed E-state index contributed by atoms with van der Waals surface area (Å²) in [5.74, 6) is 0. The molecule has 0 atom stereocenters. The normalized spacial score (nSPS) is 11.5. The van der Waals surface area contributed by atoms with Gasteiger partial charge in [-0.2, -0.15) is 0 Å². The van der Waals surface area contributed by atoms with Crippen LogP contribution in [0, 0.1) is 0 Å². The summed E-state index contributed by atoms with van der Waals surface area (Å²) in [4.78, 5) is 5.61. The minimum absolute atomic E-state index is 0.959. The molecule has 2 heterocycles. The first-order valence-electron chi connectivity index (χ1n) is 21.6. The first kappa shape index (κ1) is 36.5. The van der Waals surface area contributed by atoms with Gasteiger partial charge < -0.3 is 4.57 Å². The van der Waals surface area contributed by atoms with E-state index in [1.807, 2.05) is 0 Å². The molecule has 0 spiro atoms. The van der Waals surface area contributed by atoms with Gasteiger partial charge in [0.2, 0.25) is 0 Å². The number of benzene rings is 10. The second kappa shape index (κ2) is 15.3. The molecule has 10 aromatic carbocycles. The lowest BCUT2D eigenvalue weighted by Crippen LogP contribution is -2.01. The van der Waals surface area contributed by atoms with Crippen molar-refractivity contribution in [1.82, 2.24) is 9.55 Å². The van der Waals surface area contributed by atoms with E-state index < -0.39 is 0 Å². The zero-order chi connectivity index (χ0) is 41.7. The molecule has 2 aromatic heterocycles. The molecule has 0 aliphatic heterocycles. The van der Waals surface area contributed by atoms with Gasteiger partial charge in [0.25, 0.3) is 0 Å². The van der Waals surface area contributed by atoms with Gasteiger partial charge in [-0.25, -0.2) is 4.98 Å². The summed E-state index contributed by atoms with van der Waals surface area (Å²) in [6.07, 6.45) is 0. The van der Waals surface area contributed by atoms with Crippen molar-refractivity contribution in [3.05, 3.63) is 243 Å². The molecule has 0 saturated carbocycles. The average molecular weight is 801 g/mol. The maximum absolute atomic E-state index is 5.61. The Labute approximate surface area is 366 Å². The van der Waals surface area contributed by atoms with E-state index in [2.05, 4.69) is 247 Å². The quantitative estimate of drug-likeness (QED) is 0.157. The molecule has 0 bridgehead atoms. The van der Waals surface area contributed by atoms with Crippen LogP contribution in [-0.2, 0) is 0 Å². The van der Waals surface area contributed by atoms with E-state index in [-0.39, 0.29) is 0 Å². The van der Waals surface area contributed by atoms with Crippen molar-refractivity contribution < 1.29 is 0 Å². The molecule has 294 valence electrons. The Morgan fingerprint density at radius 1 is 0.254 bits per heavy atom. The highest BCUT2D eigenvalue weighted by Gasteiger charge is 2.25. The van der Waals surface area contributed by atoms with E-state index in [4.69, 9.17) is 4.98 Å². The van der Waals surface area contributed by atoms with E-state index in [9.17, 15) is 0 Å². The highest BCUT2D eigenvalue weighted by Crippen LogP contribution is 2.49. The SMILES string of the molecule is c1ccc(-c2nc(-c3ccccc3)c(-c3ccccc3)c(-c3ccc(-c4ccc(-n5c6ccc7ccccc7c6c6c7ccccc7ccc65)cc4)cc3)c2-c2ccccc2)cc1. The average Bonchev–Trinajstić information content (AvgIpc) is 3.72. The number of pyridine rings is 1. The molecule has 0 N–H and O–H groups in total. The number of aromatic nitrogens is 2. The standard InChI is InChI=1S/C61H40N2/c1-5-19-45(20-6-1)56-55(57(46-21-7-2-8-22-46)61(49-25-11-4-12-26-49)62-60(56)48-23-9-3-10-24-48)47-31-29-41(30-32-47)42-33-37-50(38-34-42)63-53-39-35-43-17-13-15-27-51(43)58(53)59-52-28-16-14-18-44(52)36-40-54(59)63/h1-40H. The van der Waals surface area contributed by atoms with Crippen LogP contribution in [0.1, 0.15) is 0 Å². The summed E-state index contributed by atoms with van der Waals surface area (Å²) >= 11 is 0. The number of hydrogen-bond donors (Lipinski definition) is 0. The molecule has 0 saturated heterocycles. The topological polar surface area (TPSA) is 17.8 Å². The zero-order valence-electron chi connectivity index (χ0n) is 34.5. The number of hydrogen-bond acceptors (Lipinski definition) is 1. The Kier molecular flexibility index (Phi) is 8.86. The number of rotatable bonds is 7. The van der Waals surface area contributed by atoms with E-state index in [0.717, 1.165) is 67.1 Å². The van der Waals surface area contributed by atoms with Crippen molar-refractivity contribution in [3.8, 4) is 72.7 Å². The fourth-order valence-electron chi connectivity index (χ4n) is 9.71. The van der Waals surface area contributed by atoms with Crippen molar-refractivity contribution in [1.29, 1.82) is 0 Å². The Bertz CT molecular complexity index is 3420. The van der Waals surface area contributed by atoms with Gasteiger partial charge in [-0.3, -0.25) is 0 Å². The van der Waals surface area contributed by atoms with Crippen molar-refractivity contribution in [2.24, 2.45) is 0 Å². The first-order chi connectivity index (χ1) is 31.3. The second-order valence-electron chi connectivity index (χ2n) is 16.2. The molecule has 2 nitrogen and oxygen atoms in total. The maximum atomic E-state index is 5.61. The van der Waals surface area contributed by atoms with Crippen LogP contribution < -0.4 is 0 Å². The van der Waals surface area contributed by atoms with Crippen LogP contribution >= 0.6 is 0 Å². The minimum atomic E-state index is 0.959. The van der Waals surface area contributed by atoms with Gasteiger partial charge in [0, 0.05) is 44.3 Å². The molecule has 63 heavy (non-hydrogen) atoms. The summed E-state index contributed by atoms with van der Waals surface area (Å²) < 4.78 is 2.44. The summed E-state index contributed by atoms with van der Waals surface area (Å²) in [5.41, 5.74) is 16.7. The highest BCUT2D eigenvalue weighted by atomic mass is 15.0. The molecule has 0 unspecified atom stereocenters. The lowest BCUT2D eigenvalue weighted by Gasteiger charge is -2.23. The Hall–Kier alpha value is -8.33. The third kappa shape index (κ3) is 6.23. The van der Waals surface area contributed by atoms with Crippen LogP contribution in [0.3, 0.4) is 0 Å². The lowest BCUT2D eigenvalue weighted by molar-refractivity contribution is 1.18. The van der Waals surface area contributed by atoms with Crippen molar-refractivity contribution in [2.75, 3.05) is 0 Å². The molecule has 0 aliphatic rings. The minimum Gasteiger partial charge on any atom is -0.309 e. The predicted molar refractivity (Wildman–Crippen MR) is 266 cm³/mol. The molecular weight excluding hydrogens is 761 g/mol. The molecule has 0 aliphatic carbocycles. The van der Waals surface area contributed by atoms with Crippen LogP contribution in [0.4, 0.5) is 0 Å². The smallest absolute Gasteiger partial charge is 0.0794 e. The molecule has 12 rings (SSSR count). The van der Waals surface area contributed by atoms with Crippen molar-refractivity contribution >= 4 is 43.4 Å². The summed E-state index contributed by atoms with van der Waals surface area (Å²) in [6.45, 7) is 0. The Morgan fingerprint density at radius 3 is 1.05 bits per heavy atom. The largest absolute Gasteiger partial charge is 0.309 e. The molecule has 0 fully saturated rings. The monoisotopic (exact) mass is 800 g/mol. The zero-order valence-corrected chi connectivity index (χ0v) is 34.5. The third-order valence-electron chi connectivity index (χ3n) is 12.6. The van der Waals surface area contributed by atoms with Crippen molar-refractivity contribution in [2.45, 2.75) is 0 Å². The molecule has 12 aromatic rings. The summed E-state index contributed by atoms with van der Waals surface area (Å²) in [7, 11) is 0. The van der Waals surface area contributed by atoms with Crippen LogP contribution in [0.5, 0.6) is 0 Å². The third-order valence-corrected chi connectivity index (χ3v) is 12.6. The maximum Gasteiger partial charge on any atom is 0.0794 e. The van der Waals surface area contributed by atoms with Gasteiger partial charge in [0.05, 0.1) is 22.4 Å². The van der Waals surface area contributed by atoms with E-state index >= 15 is 0 Å². The predicted octanol–water partition coefficient (Wildman–Crippen LogP) is 16.5. The van der Waals surface area contributed by atoms with E-state index in [0.29, 0.717) is 0 Å². The molecule has 0 radical (unpaired) electrons. The van der Waals surface area contributed by atoms with Gasteiger partial charge in [-0.05, 0) is 73.6 Å². The molecule has 0 amide bonds. The van der Waals surface area contributed by atoms with Gasteiger partial charge in [0.1, 0.15) is 0 Å². The summed E-state index contributed by atoms with van der Waals surface area (Å²) in [5, 5.41) is 7.65.